The third kappa shape index (κ3) is 9.87. The number of carbonyl (C=O) groups excluding carboxylic acids is 2. The van der Waals surface area contributed by atoms with E-state index in [0.717, 1.165) is 0 Å². The summed E-state index contributed by atoms with van der Waals surface area (Å²) in [6.45, 7) is 4.98. The molecule has 0 spiro atoms. The minimum Gasteiger partial charge on any atom is -0.547 e. The number of aliphatic hydroxyl groups is 4. The van der Waals surface area contributed by atoms with Crippen LogP contribution in [0.15, 0.2) is 0 Å². The van der Waals surface area contributed by atoms with Gasteiger partial charge in [0.1, 0.15) is 12.2 Å². The summed E-state index contributed by atoms with van der Waals surface area (Å²) in [5.41, 5.74) is -2.06. The van der Waals surface area contributed by atoms with Crippen LogP contribution in [-0.4, -0.2) is 107 Å². The Hall–Kier alpha value is 0.351. The first-order chi connectivity index (χ1) is 8.83. The van der Waals surface area contributed by atoms with Gasteiger partial charge in [-0.25, -0.2) is 0 Å². The second-order valence-corrected chi connectivity index (χ2v) is 5.74. The number of hydrogen-bond acceptors (Lipinski definition) is 8. The molecule has 0 saturated heterocycles. The predicted molar refractivity (Wildman–Crippen MR) is 69.5 cm³/mol. The van der Waals surface area contributed by atoms with Crippen molar-refractivity contribution in [1.29, 1.82) is 0 Å². The third-order valence-corrected chi connectivity index (χ3v) is 2.74. The van der Waals surface area contributed by atoms with Crippen molar-refractivity contribution in [1.82, 2.24) is 0 Å². The van der Waals surface area contributed by atoms with Crippen LogP contribution in [-0.2, 0) is 9.59 Å². The molecule has 9 heteroatoms. The first-order valence-electron chi connectivity index (χ1n) is 5.83. The van der Waals surface area contributed by atoms with Gasteiger partial charge in [0.15, 0.2) is 0 Å². The molecule has 0 aromatic rings. The maximum Gasteiger partial charge on any atom is 2.00 e. The summed E-state index contributed by atoms with van der Waals surface area (Å²) >= 11 is 0. The van der Waals surface area contributed by atoms with E-state index in [4.69, 9.17) is 20.4 Å². The Morgan fingerprint density at radius 1 is 0.857 bits per heavy atom. The van der Waals surface area contributed by atoms with Crippen LogP contribution in [0.3, 0.4) is 0 Å². The number of hydrogen-bond donors (Lipinski definition) is 4. The van der Waals surface area contributed by atoms with Crippen molar-refractivity contribution in [3.05, 3.63) is 0 Å². The fourth-order valence-corrected chi connectivity index (χ4v) is 0.811. The fraction of sp³-hybridized carbons (Fsp3) is 0.833. The Morgan fingerprint density at radius 2 is 1.05 bits per heavy atom. The molecule has 120 valence electrons. The number of carboxylic acid groups (broad SMARTS) is 2. The van der Waals surface area contributed by atoms with Gasteiger partial charge >= 0.3 is 48.9 Å². The molecule has 0 amide bonds. The van der Waals surface area contributed by atoms with Crippen LogP contribution in [0.4, 0.5) is 0 Å². The number of aliphatic hydroxyl groups excluding tert-OH is 4. The van der Waals surface area contributed by atoms with Gasteiger partial charge in [-0.1, -0.05) is 27.7 Å². The van der Waals surface area contributed by atoms with Crippen LogP contribution in [0, 0.1) is 10.8 Å². The van der Waals surface area contributed by atoms with Gasteiger partial charge in [-0.3, -0.25) is 0 Å². The van der Waals surface area contributed by atoms with E-state index in [9.17, 15) is 19.8 Å². The largest absolute Gasteiger partial charge is 2.00 e. The van der Waals surface area contributed by atoms with Crippen molar-refractivity contribution >= 4 is 60.8 Å². The van der Waals surface area contributed by atoms with Crippen LogP contribution in [0.25, 0.3) is 0 Å². The third-order valence-electron chi connectivity index (χ3n) is 2.74. The Balaban J connectivity index is -0.000000295. The molecule has 0 aromatic carbocycles. The Morgan fingerprint density at radius 3 is 1.10 bits per heavy atom. The molecule has 0 unspecified atom stereocenters. The molecule has 0 aliphatic carbocycles. The van der Waals surface area contributed by atoms with E-state index in [0.29, 0.717) is 0 Å². The molecule has 0 bridgehead atoms. The average molecular weight is 432 g/mol. The van der Waals surface area contributed by atoms with Crippen molar-refractivity contribution in [3.63, 3.8) is 0 Å². The molecule has 0 rings (SSSR count). The van der Waals surface area contributed by atoms with E-state index < -0.39 is 35.0 Å². The van der Waals surface area contributed by atoms with Gasteiger partial charge in [-0.05, 0) is 0 Å². The van der Waals surface area contributed by atoms with Crippen LogP contribution in [0.2, 0.25) is 0 Å². The van der Waals surface area contributed by atoms with Crippen LogP contribution >= 0.6 is 0 Å². The molecule has 4 N–H and O–H groups in total. The predicted octanol–water partition coefficient (Wildman–Crippen LogP) is -4.15. The van der Waals surface area contributed by atoms with Gasteiger partial charge in [0.25, 0.3) is 0 Å². The summed E-state index contributed by atoms with van der Waals surface area (Å²) in [4.78, 5) is 20.1. The Bertz CT molecular complexity index is 297. The maximum absolute atomic E-state index is 10.0. The summed E-state index contributed by atoms with van der Waals surface area (Å²) in [5.74, 6) is -3.11. The minimum absolute atomic E-state index is 0. The molecule has 21 heavy (non-hydrogen) atoms. The zero-order chi connectivity index (χ0) is 16.7. The smallest absolute Gasteiger partial charge is 0.547 e. The standard InChI is InChI=1S/2C6H12O4.Ba/c2*1-6(2,3-7)4(8)5(9)10;/h2*4,7-8H,3H2,1-2H3,(H,9,10);/q;;+2/p-2/t2*4-;/m00./s1. The van der Waals surface area contributed by atoms with Crippen LogP contribution in [0.5, 0.6) is 0 Å². The quantitative estimate of drug-likeness (QED) is 0.308. The van der Waals surface area contributed by atoms with Gasteiger partial charge in [0.05, 0.1) is 25.2 Å². The molecule has 0 radical (unpaired) electrons. The molecule has 0 fully saturated rings. The zero-order valence-electron chi connectivity index (χ0n) is 12.7. The first-order valence-corrected chi connectivity index (χ1v) is 5.83. The SMILES string of the molecule is CC(C)(CO)[C@@H](O)C(=O)[O-].CC(C)(CO)[C@@H](O)C(=O)[O-].[Ba+2]. The van der Waals surface area contributed by atoms with Crippen molar-refractivity contribution in [2.24, 2.45) is 10.8 Å². The van der Waals surface area contributed by atoms with E-state index in [2.05, 4.69) is 0 Å². The minimum atomic E-state index is -1.61. The molecule has 2 atom stereocenters. The summed E-state index contributed by atoms with van der Waals surface area (Å²) < 4.78 is 0. The topological polar surface area (TPSA) is 161 Å². The number of aliphatic carboxylic acids is 2. The molecule has 0 heterocycles. The van der Waals surface area contributed by atoms with E-state index in [-0.39, 0.29) is 62.1 Å². The summed E-state index contributed by atoms with van der Waals surface area (Å²) in [7, 11) is 0. The molecule has 0 saturated carbocycles. The number of carbonyl (C=O) groups is 2. The maximum atomic E-state index is 10.0. The van der Waals surface area contributed by atoms with Crippen LogP contribution in [0.1, 0.15) is 27.7 Å². The number of rotatable bonds is 6. The normalized spacial score (nSPS) is 14.1. The Kier molecular flexibility index (Phi) is 13.7. The zero-order valence-corrected chi connectivity index (χ0v) is 17.1. The van der Waals surface area contributed by atoms with Crippen LogP contribution < -0.4 is 10.2 Å². The molecule has 0 aliphatic rings. The van der Waals surface area contributed by atoms with Gasteiger partial charge in [0.2, 0.25) is 0 Å². The molecular weight excluding hydrogens is 409 g/mol. The average Bonchev–Trinajstić information content (AvgIpc) is 2.37. The molecule has 0 aliphatic heterocycles. The van der Waals surface area contributed by atoms with Gasteiger partial charge in [-0.15, -0.1) is 0 Å². The molecular formula is C12H22BaO8. The van der Waals surface area contributed by atoms with Crippen molar-refractivity contribution in [2.45, 2.75) is 39.9 Å². The summed E-state index contributed by atoms with van der Waals surface area (Å²) in [6.07, 6.45) is -3.23. The van der Waals surface area contributed by atoms with Gasteiger partial charge in [0, 0.05) is 10.8 Å². The number of carboxylic acids is 2. The fourth-order valence-electron chi connectivity index (χ4n) is 0.811. The van der Waals surface area contributed by atoms with Gasteiger partial charge in [-0.2, -0.15) is 0 Å². The van der Waals surface area contributed by atoms with Gasteiger partial charge < -0.3 is 40.2 Å². The van der Waals surface area contributed by atoms with E-state index in [1.54, 1.807) is 0 Å². The summed E-state index contributed by atoms with van der Waals surface area (Å²) in [6, 6.07) is 0. The molecule has 8 nitrogen and oxygen atoms in total. The van der Waals surface area contributed by atoms with Crippen molar-refractivity contribution in [2.75, 3.05) is 13.2 Å². The Labute approximate surface area is 163 Å². The second kappa shape index (κ2) is 11.0. The second-order valence-electron chi connectivity index (χ2n) is 5.74. The van der Waals surface area contributed by atoms with Crippen molar-refractivity contribution in [3.8, 4) is 0 Å². The van der Waals surface area contributed by atoms with Crippen molar-refractivity contribution < 1.29 is 40.2 Å². The summed E-state index contributed by atoms with van der Waals surface area (Å²) in [5, 5.41) is 54.9. The van der Waals surface area contributed by atoms with E-state index in [1.165, 1.54) is 27.7 Å². The van der Waals surface area contributed by atoms with E-state index >= 15 is 0 Å². The van der Waals surface area contributed by atoms with E-state index in [1.807, 2.05) is 0 Å². The first kappa shape index (κ1) is 26.3. The monoisotopic (exact) mass is 432 g/mol. The molecule has 0 aromatic heterocycles.